The van der Waals surface area contributed by atoms with Gasteiger partial charge in [0, 0.05) is 30.5 Å². The molecular weight excluding hydrogens is 278 g/mol. The average molecular weight is 290 g/mol. The first-order chi connectivity index (χ1) is 7.27. The van der Waals surface area contributed by atoms with Crippen LogP contribution in [0.4, 0.5) is 0 Å². The molecule has 1 aromatic rings. The van der Waals surface area contributed by atoms with E-state index in [1.807, 2.05) is 11.8 Å². The zero-order chi connectivity index (χ0) is 10.7. The third kappa shape index (κ3) is 2.86. The molecule has 0 spiro atoms. The second-order valence-corrected chi connectivity index (χ2v) is 5.46. The third-order valence-electron chi connectivity index (χ3n) is 2.30. The number of thioether (sulfide) groups is 1. The van der Waals surface area contributed by atoms with Crippen LogP contribution in [0.5, 0.6) is 0 Å². The number of furan rings is 1. The molecule has 1 aliphatic heterocycles. The topological polar surface area (TPSA) is 42.2 Å². The fourth-order valence-corrected chi connectivity index (χ4v) is 2.93. The molecule has 1 unspecified atom stereocenters. The minimum Gasteiger partial charge on any atom is -0.460 e. The molecular formula is C10H12BrNO2S. The lowest BCUT2D eigenvalue weighted by molar-refractivity contribution is 0.0944. The summed E-state index contributed by atoms with van der Waals surface area (Å²) in [5.41, 5.74) is 0. The van der Waals surface area contributed by atoms with Crippen molar-refractivity contribution in [3.8, 4) is 0 Å². The van der Waals surface area contributed by atoms with Crippen LogP contribution >= 0.6 is 27.7 Å². The normalized spacial score (nSPS) is 21.5. The number of hydrogen-bond acceptors (Lipinski definition) is 4. The van der Waals surface area contributed by atoms with Crippen molar-refractivity contribution in [1.29, 1.82) is 0 Å². The van der Waals surface area contributed by atoms with Crippen LogP contribution in [0, 0.1) is 0 Å². The van der Waals surface area contributed by atoms with Crippen LogP contribution < -0.4 is 5.32 Å². The van der Waals surface area contributed by atoms with Crippen LogP contribution in [0.1, 0.15) is 17.0 Å². The molecule has 1 fully saturated rings. The predicted molar refractivity (Wildman–Crippen MR) is 64.5 cm³/mol. The fourth-order valence-electron chi connectivity index (χ4n) is 1.56. The van der Waals surface area contributed by atoms with Crippen LogP contribution in [0.2, 0.25) is 0 Å². The Morgan fingerprint density at radius 1 is 1.73 bits per heavy atom. The molecule has 2 heterocycles. The van der Waals surface area contributed by atoms with Crippen molar-refractivity contribution in [3.63, 3.8) is 0 Å². The second-order valence-electron chi connectivity index (χ2n) is 3.45. The van der Waals surface area contributed by atoms with Gasteiger partial charge in [0.25, 0.3) is 0 Å². The summed E-state index contributed by atoms with van der Waals surface area (Å²) in [4.78, 5) is 11.8. The first-order valence-electron chi connectivity index (χ1n) is 4.84. The Hall–Kier alpha value is -0.260. The molecule has 1 atom stereocenters. The van der Waals surface area contributed by atoms with Crippen molar-refractivity contribution in [2.24, 2.45) is 0 Å². The van der Waals surface area contributed by atoms with E-state index in [0.29, 0.717) is 12.2 Å². The third-order valence-corrected chi connectivity index (χ3v) is 4.06. The maximum absolute atomic E-state index is 11.8. The Labute approximate surface area is 101 Å². The van der Waals surface area contributed by atoms with Crippen molar-refractivity contribution < 1.29 is 9.21 Å². The smallest absolute Gasteiger partial charge is 0.200 e. The molecule has 0 bridgehead atoms. The van der Waals surface area contributed by atoms with Gasteiger partial charge in [0.1, 0.15) is 0 Å². The van der Waals surface area contributed by atoms with Crippen LogP contribution in [0.3, 0.4) is 0 Å². The Balaban J connectivity index is 1.94. The van der Waals surface area contributed by atoms with E-state index in [0.717, 1.165) is 22.5 Å². The molecule has 0 radical (unpaired) electrons. The molecule has 15 heavy (non-hydrogen) atoms. The van der Waals surface area contributed by atoms with E-state index < -0.39 is 0 Å². The Kier molecular flexibility index (Phi) is 3.88. The van der Waals surface area contributed by atoms with E-state index in [4.69, 9.17) is 4.42 Å². The van der Waals surface area contributed by atoms with E-state index in [-0.39, 0.29) is 11.8 Å². The van der Waals surface area contributed by atoms with Crippen molar-refractivity contribution in [1.82, 2.24) is 5.32 Å². The molecule has 1 aromatic heterocycles. The van der Waals surface area contributed by atoms with Crippen molar-refractivity contribution in [2.45, 2.75) is 12.5 Å². The Morgan fingerprint density at radius 3 is 3.20 bits per heavy atom. The first kappa shape index (κ1) is 11.2. The SMILES string of the molecule is O=C(CC1CSCCN1)c1occc1Br. The highest BCUT2D eigenvalue weighted by atomic mass is 79.9. The summed E-state index contributed by atoms with van der Waals surface area (Å²) < 4.78 is 5.88. The number of halogens is 1. The molecule has 82 valence electrons. The maximum atomic E-state index is 11.8. The lowest BCUT2D eigenvalue weighted by Gasteiger charge is -2.21. The van der Waals surface area contributed by atoms with Gasteiger partial charge in [-0.1, -0.05) is 0 Å². The number of ketones is 1. The number of hydrogen-bond donors (Lipinski definition) is 1. The summed E-state index contributed by atoms with van der Waals surface area (Å²) in [6.45, 7) is 0.988. The molecule has 0 saturated carbocycles. The molecule has 1 saturated heterocycles. The number of carbonyl (C=O) groups excluding carboxylic acids is 1. The molecule has 1 aliphatic rings. The number of rotatable bonds is 3. The largest absolute Gasteiger partial charge is 0.460 e. The molecule has 0 aromatic carbocycles. The predicted octanol–water partition coefficient (Wildman–Crippen LogP) is 2.32. The zero-order valence-electron chi connectivity index (χ0n) is 8.16. The van der Waals surface area contributed by atoms with Gasteiger partial charge in [-0.25, -0.2) is 0 Å². The van der Waals surface area contributed by atoms with Gasteiger partial charge in [0.2, 0.25) is 5.78 Å². The monoisotopic (exact) mass is 289 g/mol. The molecule has 1 N–H and O–H groups in total. The lowest BCUT2D eigenvalue weighted by Crippen LogP contribution is -2.38. The summed E-state index contributed by atoms with van der Waals surface area (Å²) in [6.07, 6.45) is 2.04. The molecule has 2 rings (SSSR count). The summed E-state index contributed by atoms with van der Waals surface area (Å²) in [5.74, 6) is 2.64. The lowest BCUT2D eigenvalue weighted by atomic mass is 10.1. The van der Waals surface area contributed by atoms with Gasteiger partial charge in [-0.2, -0.15) is 11.8 Å². The highest BCUT2D eigenvalue weighted by molar-refractivity contribution is 9.10. The van der Waals surface area contributed by atoms with Gasteiger partial charge in [0.15, 0.2) is 5.76 Å². The number of Topliss-reactive ketones (excluding diaryl/α,β-unsaturated/α-hetero) is 1. The van der Waals surface area contributed by atoms with Gasteiger partial charge in [-0.3, -0.25) is 4.79 Å². The summed E-state index contributed by atoms with van der Waals surface area (Å²) >= 11 is 5.18. The van der Waals surface area contributed by atoms with Crippen LogP contribution in [-0.2, 0) is 0 Å². The van der Waals surface area contributed by atoms with E-state index >= 15 is 0 Å². The van der Waals surface area contributed by atoms with E-state index in [1.54, 1.807) is 6.07 Å². The Bertz CT molecular complexity index is 347. The summed E-state index contributed by atoms with van der Waals surface area (Å²) in [6, 6.07) is 2.03. The fraction of sp³-hybridized carbons (Fsp3) is 0.500. The average Bonchev–Trinajstić information content (AvgIpc) is 2.66. The minimum atomic E-state index is 0.0619. The van der Waals surface area contributed by atoms with Crippen molar-refractivity contribution in [2.75, 3.05) is 18.1 Å². The van der Waals surface area contributed by atoms with Gasteiger partial charge in [0.05, 0.1) is 10.7 Å². The second kappa shape index (κ2) is 5.18. The maximum Gasteiger partial charge on any atom is 0.200 e. The quantitative estimate of drug-likeness (QED) is 0.868. The van der Waals surface area contributed by atoms with Crippen LogP contribution in [0.25, 0.3) is 0 Å². The van der Waals surface area contributed by atoms with Gasteiger partial charge in [-0.15, -0.1) is 0 Å². The Morgan fingerprint density at radius 2 is 2.60 bits per heavy atom. The van der Waals surface area contributed by atoms with Gasteiger partial charge >= 0.3 is 0 Å². The standard InChI is InChI=1S/C10H12BrNO2S/c11-8-1-3-14-10(8)9(13)5-7-6-15-4-2-12-7/h1,3,7,12H,2,4-6H2. The van der Waals surface area contributed by atoms with Crippen molar-refractivity contribution >= 4 is 33.5 Å². The van der Waals surface area contributed by atoms with Crippen molar-refractivity contribution in [3.05, 3.63) is 22.6 Å². The zero-order valence-corrected chi connectivity index (χ0v) is 10.6. The van der Waals surface area contributed by atoms with Crippen LogP contribution in [-0.4, -0.2) is 29.9 Å². The van der Waals surface area contributed by atoms with Crippen LogP contribution in [0.15, 0.2) is 21.2 Å². The van der Waals surface area contributed by atoms with Gasteiger partial charge in [-0.05, 0) is 22.0 Å². The number of nitrogens with one attached hydrogen (secondary N) is 1. The summed E-state index contributed by atoms with van der Waals surface area (Å²) in [5, 5.41) is 3.33. The highest BCUT2D eigenvalue weighted by Gasteiger charge is 2.20. The first-order valence-corrected chi connectivity index (χ1v) is 6.79. The molecule has 5 heteroatoms. The summed E-state index contributed by atoms with van der Waals surface area (Å²) in [7, 11) is 0. The van der Waals surface area contributed by atoms with E-state index in [1.165, 1.54) is 6.26 Å². The highest BCUT2D eigenvalue weighted by Crippen LogP contribution is 2.21. The molecule has 0 aliphatic carbocycles. The van der Waals surface area contributed by atoms with E-state index in [9.17, 15) is 4.79 Å². The minimum absolute atomic E-state index is 0.0619. The van der Waals surface area contributed by atoms with Gasteiger partial charge < -0.3 is 9.73 Å². The number of carbonyl (C=O) groups is 1. The molecule has 3 nitrogen and oxygen atoms in total. The van der Waals surface area contributed by atoms with E-state index in [2.05, 4.69) is 21.2 Å². The molecule has 0 amide bonds.